The quantitative estimate of drug-likeness (QED) is 0.765. The van der Waals surface area contributed by atoms with Gasteiger partial charge in [0.15, 0.2) is 0 Å². The Morgan fingerprint density at radius 1 is 1.75 bits per heavy atom. The summed E-state index contributed by atoms with van der Waals surface area (Å²) >= 11 is 0. The largest absolute Gasteiger partial charge is 0.480 e. The highest BCUT2D eigenvalue weighted by atomic mass is 16.5. The molecule has 1 aliphatic heterocycles. The molecule has 1 fully saturated rings. The van der Waals surface area contributed by atoms with Crippen LogP contribution >= 0.6 is 0 Å². The topological polar surface area (TPSA) is 67.6 Å². The molecule has 0 spiro atoms. The summed E-state index contributed by atoms with van der Waals surface area (Å²) in [6.07, 6.45) is 1.71. The first-order valence-corrected chi connectivity index (χ1v) is 5.20. The van der Waals surface area contributed by atoms with Gasteiger partial charge in [0.1, 0.15) is 6.04 Å². The third-order valence-corrected chi connectivity index (χ3v) is 2.81. The highest BCUT2D eigenvalue weighted by molar-refractivity contribution is 5.73. The lowest BCUT2D eigenvalue weighted by Crippen LogP contribution is -2.49. The van der Waals surface area contributed by atoms with Crippen LogP contribution in [-0.4, -0.2) is 51.6 Å². The Bertz CT molecular complexity index is 377. The minimum atomic E-state index is -0.832. The van der Waals surface area contributed by atoms with Crippen molar-refractivity contribution in [2.24, 2.45) is 7.05 Å². The molecule has 1 saturated heterocycles. The van der Waals surface area contributed by atoms with Gasteiger partial charge >= 0.3 is 5.97 Å². The number of morpholine rings is 1. The molecule has 0 aromatic carbocycles. The van der Waals surface area contributed by atoms with Gasteiger partial charge in [-0.15, -0.1) is 0 Å². The summed E-state index contributed by atoms with van der Waals surface area (Å²) < 4.78 is 6.94. The lowest BCUT2D eigenvalue weighted by atomic mass is 10.2. The molecular formula is C10H15N3O3. The maximum absolute atomic E-state index is 11.0. The molecule has 2 rings (SSSR count). The van der Waals surface area contributed by atoms with Crippen molar-refractivity contribution in [1.29, 1.82) is 0 Å². The monoisotopic (exact) mass is 225 g/mol. The van der Waals surface area contributed by atoms with Crippen molar-refractivity contribution in [3.05, 3.63) is 18.0 Å². The van der Waals surface area contributed by atoms with E-state index in [-0.39, 0.29) is 6.61 Å². The van der Waals surface area contributed by atoms with E-state index in [1.165, 1.54) is 0 Å². The van der Waals surface area contributed by atoms with Gasteiger partial charge in [0, 0.05) is 26.3 Å². The van der Waals surface area contributed by atoms with Gasteiger partial charge in [-0.1, -0.05) is 0 Å². The van der Waals surface area contributed by atoms with E-state index < -0.39 is 12.0 Å². The number of carboxylic acids is 1. The van der Waals surface area contributed by atoms with E-state index in [9.17, 15) is 4.79 Å². The van der Waals surface area contributed by atoms with Gasteiger partial charge in [0.2, 0.25) is 0 Å². The Morgan fingerprint density at radius 3 is 3.19 bits per heavy atom. The summed E-state index contributed by atoms with van der Waals surface area (Å²) in [7, 11) is 1.85. The van der Waals surface area contributed by atoms with Crippen LogP contribution in [-0.2, 0) is 23.1 Å². The zero-order valence-corrected chi connectivity index (χ0v) is 9.17. The summed E-state index contributed by atoms with van der Waals surface area (Å²) in [5.74, 6) is -0.832. The average Bonchev–Trinajstić information content (AvgIpc) is 2.65. The first-order chi connectivity index (χ1) is 7.68. The van der Waals surface area contributed by atoms with Gasteiger partial charge in [-0.3, -0.25) is 14.4 Å². The van der Waals surface area contributed by atoms with Crippen molar-refractivity contribution in [3.63, 3.8) is 0 Å². The number of hydrogen-bond donors (Lipinski definition) is 1. The van der Waals surface area contributed by atoms with Crippen LogP contribution in [0.1, 0.15) is 5.69 Å². The molecule has 2 heterocycles. The third kappa shape index (κ3) is 2.23. The molecule has 6 heteroatoms. The van der Waals surface area contributed by atoms with E-state index in [2.05, 4.69) is 5.10 Å². The number of aromatic nitrogens is 2. The van der Waals surface area contributed by atoms with E-state index in [0.29, 0.717) is 19.7 Å². The molecule has 1 N–H and O–H groups in total. The number of nitrogens with zero attached hydrogens (tertiary/aromatic N) is 3. The van der Waals surface area contributed by atoms with E-state index >= 15 is 0 Å². The van der Waals surface area contributed by atoms with Crippen molar-refractivity contribution in [2.45, 2.75) is 12.6 Å². The van der Waals surface area contributed by atoms with E-state index in [1.54, 1.807) is 10.9 Å². The molecule has 0 aliphatic carbocycles. The Morgan fingerprint density at radius 2 is 2.56 bits per heavy atom. The van der Waals surface area contributed by atoms with Crippen LogP contribution in [0.3, 0.4) is 0 Å². The molecular weight excluding hydrogens is 210 g/mol. The highest BCUT2D eigenvalue weighted by Crippen LogP contribution is 2.11. The van der Waals surface area contributed by atoms with Crippen molar-refractivity contribution in [3.8, 4) is 0 Å². The summed E-state index contributed by atoms with van der Waals surface area (Å²) in [6, 6.07) is 1.35. The Hall–Kier alpha value is -1.40. The second-order valence-electron chi connectivity index (χ2n) is 3.85. The number of carboxylic acid groups (broad SMARTS) is 1. The molecule has 1 aromatic rings. The van der Waals surface area contributed by atoms with E-state index in [4.69, 9.17) is 9.84 Å². The molecule has 0 amide bonds. The average molecular weight is 225 g/mol. The second kappa shape index (κ2) is 4.63. The SMILES string of the molecule is Cn1nccc1CN1CCOCC1C(=O)O. The predicted octanol–water partition coefficient (Wildman–Crippen LogP) is -0.294. The lowest BCUT2D eigenvalue weighted by molar-refractivity contribution is -0.150. The molecule has 1 aromatic heterocycles. The summed E-state index contributed by atoms with van der Waals surface area (Å²) in [6.45, 7) is 2.08. The number of carbonyl (C=O) groups is 1. The minimum Gasteiger partial charge on any atom is -0.480 e. The standard InChI is InChI=1S/C10H15N3O3/c1-12-8(2-3-11-12)6-13-4-5-16-7-9(13)10(14)15/h2-3,9H,4-7H2,1H3,(H,14,15). The Labute approximate surface area is 93.4 Å². The van der Waals surface area contributed by atoms with Crippen molar-refractivity contribution in [1.82, 2.24) is 14.7 Å². The third-order valence-electron chi connectivity index (χ3n) is 2.81. The minimum absolute atomic E-state index is 0.257. The van der Waals surface area contributed by atoms with Crippen LogP contribution in [0.2, 0.25) is 0 Å². The molecule has 0 radical (unpaired) electrons. The van der Waals surface area contributed by atoms with Gasteiger partial charge in [-0.25, -0.2) is 0 Å². The second-order valence-corrected chi connectivity index (χ2v) is 3.85. The zero-order chi connectivity index (χ0) is 11.5. The van der Waals surface area contributed by atoms with Crippen molar-refractivity contribution < 1.29 is 14.6 Å². The molecule has 0 bridgehead atoms. The van der Waals surface area contributed by atoms with Crippen LogP contribution in [0, 0.1) is 0 Å². The number of ether oxygens (including phenoxy) is 1. The van der Waals surface area contributed by atoms with Crippen molar-refractivity contribution in [2.75, 3.05) is 19.8 Å². The molecule has 1 atom stereocenters. The van der Waals surface area contributed by atoms with Gasteiger partial charge in [0.25, 0.3) is 0 Å². The predicted molar refractivity (Wildman–Crippen MR) is 55.9 cm³/mol. The van der Waals surface area contributed by atoms with Gasteiger partial charge < -0.3 is 9.84 Å². The Balaban J connectivity index is 2.07. The number of hydrogen-bond acceptors (Lipinski definition) is 4. The molecule has 1 unspecified atom stereocenters. The fourth-order valence-corrected chi connectivity index (χ4v) is 1.82. The van der Waals surface area contributed by atoms with Crippen LogP contribution in [0.4, 0.5) is 0 Å². The van der Waals surface area contributed by atoms with Crippen LogP contribution in [0.5, 0.6) is 0 Å². The first-order valence-electron chi connectivity index (χ1n) is 5.20. The van der Waals surface area contributed by atoms with Gasteiger partial charge in [-0.2, -0.15) is 5.10 Å². The summed E-state index contributed by atoms with van der Waals surface area (Å²) in [5, 5.41) is 13.1. The lowest BCUT2D eigenvalue weighted by Gasteiger charge is -2.32. The molecule has 88 valence electrons. The number of aryl methyl sites for hydroxylation is 1. The van der Waals surface area contributed by atoms with Crippen molar-refractivity contribution >= 4 is 5.97 Å². The van der Waals surface area contributed by atoms with E-state index in [1.807, 2.05) is 18.0 Å². The van der Waals surface area contributed by atoms with E-state index in [0.717, 1.165) is 5.69 Å². The first kappa shape index (κ1) is 11.1. The Kier molecular flexibility index (Phi) is 3.21. The molecule has 16 heavy (non-hydrogen) atoms. The summed E-state index contributed by atoms with van der Waals surface area (Å²) in [4.78, 5) is 12.9. The van der Waals surface area contributed by atoms with Gasteiger partial charge in [0.05, 0.1) is 18.9 Å². The molecule has 6 nitrogen and oxygen atoms in total. The van der Waals surface area contributed by atoms with Crippen LogP contribution in [0.15, 0.2) is 12.3 Å². The van der Waals surface area contributed by atoms with Crippen LogP contribution < -0.4 is 0 Å². The number of aliphatic carboxylic acids is 1. The fraction of sp³-hybridized carbons (Fsp3) is 0.600. The maximum Gasteiger partial charge on any atom is 0.323 e. The number of rotatable bonds is 3. The highest BCUT2D eigenvalue weighted by Gasteiger charge is 2.29. The zero-order valence-electron chi connectivity index (χ0n) is 9.17. The molecule has 0 saturated carbocycles. The maximum atomic E-state index is 11.0. The van der Waals surface area contributed by atoms with Crippen LogP contribution in [0.25, 0.3) is 0 Å². The fourth-order valence-electron chi connectivity index (χ4n) is 1.82. The normalized spacial score (nSPS) is 22.2. The molecule has 1 aliphatic rings. The van der Waals surface area contributed by atoms with Gasteiger partial charge in [-0.05, 0) is 6.07 Å². The smallest absolute Gasteiger partial charge is 0.323 e. The summed E-state index contributed by atoms with van der Waals surface area (Å²) in [5.41, 5.74) is 1.01.